The molecule has 0 spiro atoms. The summed E-state index contributed by atoms with van der Waals surface area (Å²) in [5, 5.41) is 16.2. The quantitative estimate of drug-likeness (QED) is 0.480. The van der Waals surface area contributed by atoms with E-state index in [-0.39, 0.29) is 5.82 Å². The van der Waals surface area contributed by atoms with Crippen LogP contribution in [-0.2, 0) is 5.75 Å². The average molecular weight is 383 g/mol. The normalized spacial score (nSPS) is 10.8. The highest BCUT2D eigenvalue weighted by atomic mass is 32.2. The van der Waals surface area contributed by atoms with Gasteiger partial charge in [-0.15, -0.1) is 10.2 Å². The Morgan fingerprint density at radius 3 is 2.73 bits per heavy atom. The first-order chi connectivity index (χ1) is 12.8. The van der Waals surface area contributed by atoms with Gasteiger partial charge in [-0.05, 0) is 42.0 Å². The number of anilines is 2. The molecule has 0 radical (unpaired) electrons. The molecular weight excluding hydrogens is 369 g/mol. The third-order valence-electron chi connectivity index (χ3n) is 3.55. The Morgan fingerprint density at radius 1 is 1.08 bits per heavy atom. The highest BCUT2D eigenvalue weighted by Crippen LogP contribution is 2.30. The second-order valence-corrected chi connectivity index (χ2v) is 7.61. The van der Waals surface area contributed by atoms with Crippen LogP contribution < -0.4 is 5.32 Å². The monoisotopic (exact) mass is 383 g/mol. The molecule has 0 saturated carbocycles. The fourth-order valence-corrected chi connectivity index (χ4v) is 4.05. The molecule has 2 aromatic carbocycles. The second-order valence-electron chi connectivity index (χ2n) is 5.41. The average Bonchev–Trinajstić information content (AvgIpc) is 3.33. The van der Waals surface area contributed by atoms with Gasteiger partial charge in [-0.25, -0.2) is 9.07 Å². The Labute approximate surface area is 157 Å². The van der Waals surface area contributed by atoms with E-state index in [0.717, 1.165) is 15.8 Å². The van der Waals surface area contributed by atoms with Gasteiger partial charge in [0.1, 0.15) is 5.82 Å². The summed E-state index contributed by atoms with van der Waals surface area (Å²) < 4.78 is 15.9. The van der Waals surface area contributed by atoms with Crippen molar-refractivity contribution in [3.05, 3.63) is 78.4 Å². The van der Waals surface area contributed by atoms with Crippen molar-refractivity contribution in [2.24, 2.45) is 0 Å². The molecule has 0 atom stereocenters. The van der Waals surface area contributed by atoms with E-state index in [1.807, 2.05) is 29.1 Å². The lowest BCUT2D eigenvalue weighted by molar-refractivity contribution is 0.628. The third kappa shape index (κ3) is 4.09. The van der Waals surface area contributed by atoms with Gasteiger partial charge in [0.05, 0.1) is 5.69 Å². The summed E-state index contributed by atoms with van der Waals surface area (Å²) in [5.74, 6) is 0.515. The van der Waals surface area contributed by atoms with Crippen LogP contribution in [0.15, 0.2) is 71.3 Å². The molecule has 4 rings (SSSR count). The maximum Gasteiger partial charge on any atom is 0.210 e. The fraction of sp³-hybridized carbons (Fsp3) is 0.0556. The van der Waals surface area contributed by atoms with E-state index in [1.165, 1.54) is 29.0 Å². The van der Waals surface area contributed by atoms with Crippen molar-refractivity contribution in [2.45, 2.75) is 10.1 Å². The Balaban J connectivity index is 1.36. The Hall–Kier alpha value is -2.71. The van der Waals surface area contributed by atoms with Gasteiger partial charge in [-0.2, -0.15) is 5.10 Å². The molecule has 0 fully saturated rings. The van der Waals surface area contributed by atoms with Crippen LogP contribution in [0.2, 0.25) is 0 Å². The lowest BCUT2D eigenvalue weighted by Gasteiger charge is -2.03. The van der Waals surface area contributed by atoms with Gasteiger partial charge in [0.2, 0.25) is 5.13 Å². The number of hydrogen-bond donors (Lipinski definition) is 1. The lowest BCUT2D eigenvalue weighted by Crippen LogP contribution is -1.93. The van der Waals surface area contributed by atoms with E-state index in [4.69, 9.17) is 0 Å². The van der Waals surface area contributed by atoms with E-state index >= 15 is 0 Å². The molecule has 0 aliphatic carbocycles. The van der Waals surface area contributed by atoms with E-state index < -0.39 is 0 Å². The number of benzene rings is 2. The fourth-order valence-electron chi connectivity index (χ4n) is 2.32. The molecule has 1 N–H and O–H groups in total. The molecule has 26 heavy (non-hydrogen) atoms. The molecule has 4 aromatic rings. The van der Waals surface area contributed by atoms with Crippen LogP contribution in [0.5, 0.6) is 0 Å². The van der Waals surface area contributed by atoms with Gasteiger partial charge in [-0.3, -0.25) is 0 Å². The highest BCUT2D eigenvalue weighted by Gasteiger charge is 2.06. The van der Waals surface area contributed by atoms with Crippen LogP contribution in [-0.4, -0.2) is 20.0 Å². The van der Waals surface area contributed by atoms with Crippen molar-refractivity contribution < 1.29 is 4.39 Å². The number of rotatable bonds is 6. The van der Waals surface area contributed by atoms with Crippen molar-refractivity contribution in [3.8, 4) is 5.69 Å². The Bertz CT molecular complexity index is 983. The summed E-state index contributed by atoms with van der Waals surface area (Å²) in [7, 11) is 0. The highest BCUT2D eigenvalue weighted by molar-refractivity contribution is 8.00. The van der Waals surface area contributed by atoms with E-state index in [0.29, 0.717) is 10.8 Å². The molecule has 5 nitrogen and oxygen atoms in total. The van der Waals surface area contributed by atoms with Crippen LogP contribution in [0, 0.1) is 5.82 Å². The maximum absolute atomic E-state index is 13.2. The third-order valence-corrected chi connectivity index (χ3v) is 5.59. The van der Waals surface area contributed by atoms with Gasteiger partial charge in [0, 0.05) is 23.8 Å². The number of thioether (sulfide) groups is 1. The predicted octanol–water partition coefficient (Wildman–Crippen LogP) is 4.90. The lowest BCUT2D eigenvalue weighted by atomic mass is 10.2. The molecule has 0 aliphatic rings. The number of nitrogens with zero attached hydrogens (tertiary/aromatic N) is 4. The summed E-state index contributed by atoms with van der Waals surface area (Å²) in [6.07, 6.45) is 3.67. The van der Waals surface area contributed by atoms with Gasteiger partial charge >= 0.3 is 0 Å². The summed E-state index contributed by atoms with van der Waals surface area (Å²) in [6, 6.07) is 16.4. The molecular formula is C18H14FN5S2. The molecule has 0 bridgehead atoms. The van der Waals surface area contributed by atoms with Gasteiger partial charge in [-0.1, -0.05) is 41.3 Å². The molecule has 8 heteroatoms. The predicted molar refractivity (Wildman–Crippen MR) is 103 cm³/mol. The summed E-state index contributed by atoms with van der Waals surface area (Å²) >= 11 is 3.07. The molecule has 2 heterocycles. The van der Waals surface area contributed by atoms with Crippen molar-refractivity contribution in [3.63, 3.8) is 0 Å². The SMILES string of the molecule is Fc1cccc(Nc2nnc(SCc3ccc(-n4cccn4)cc3)s2)c1. The van der Waals surface area contributed by atoms with Crippen molar-refractivity contribution in [1.29, 1.82) is 0 Å². The van der Waals surface area contributed by atoms with Gasteiger partial charge in [0.25, 0.3) is 0 Å². The van der Waals surface area contributed by atoms with Crippen LogP contribution in [0.25, 0.3) is 5.69 Å². The van der Waals surface area contributed by atoms with Crippen LogP contribution in [0.3, 0.4) is 0 Å². The zero-order valence-corrected chi connectivity index (χ0v) is 15.2. The zero-order valence-electron chi connectivity index (χ0n) is 13.5. The summed E-state index contributed by atoms with van der Waals surface area (Å²) in [5.41, 5.74) is 2.88. The Morgan fingerprint density at radius 2 is 1.96 bits per heavy atom. The standard InChI is InChI=1S/C18H14FN5S2/c19-14-3-1-4-15(11-14)21-17-22-23-18(26-17)25-12-13-5-7-16(8-6-13)24-10-2-9-20-24/h1-11H,12H2,(H,21,22). The minimum absolute atomic E-state index is 0.285. The number of hydrogen-bond acceptors (Lipinski definition) is 6. The van der Waals surface area contributed by atoms with E-state index in [9.17, 15) is 4.39 Å². The van der Waals surface area contributed by atoms with Gasteiger partial charge < -0.3 is 5.32 Å². The minimum Gasteiger partial charge on any atom is -0.330 e. The number of nitrogens with one attached hydrogen (secondary N) is 1. The molecule has 0 aliphatic heterocycles. The topological polar surface area (TPSA) is 55.6 Å². The van der Waals surface area contributed by atoms with Crippen molar-refractivity contribution >= 4 is 33.9 Å². The number of halogens is 1. The molecule has 130 valence electrons. The number of aromatic nitrogens is 4. The molecule has 0 unspecified atom stereocenters. The second kappa shape index (κ2) is 7.67. The Kier molecular flexibility index (Phi) is 4.94. The van der Waals surface area contributed by atoms with E-state index in [1.54, 1.807) is 30.1 Å². The van der Waals surface area contributed by atoms with Crippen molar-refractivity contribution in [2.75, 3.05) is 5.32 Å². The minimum atomic E-state index is -0.285. The smallest absolute Gasteiger partial charge is 0.210 e. The first-order valence-electron chi connectivity index (χ1n) is 7.84. The largest absolute Gasteiger partial charge is 0.330 e. The summed E-state index contributed by atoms with van der Waals surface area (Å²) in [6.45, 7) is 0. The molecule has 2 aromatic heterocycles. The van der Waals surface area contributed by atoms with Crippen LogP contribution in [0.1, 0.15) is 5.56 Å². The molecule has 0 amide bonds. The van der Waals surface area contributed by atoms with Crippen LogP contribution in [0.4, 0.5) is 15.2 Å². The molecule has 0 saturated heterocycles. The van der Waals surface area contributed by atoms with Crippen molar-refractivity contribution in [1.82, 2.24) is 20.0 Å². The van der Waals surface area contributed by atoms with E-state index in [2.05, 4.69) is 32.7 Å². The van der Waals surface area contributed by atoms with Crippen LogP contribution >= 0.6 is 23.1 Å². The summed E-state index contributed by atoms with van der Waals surface area (Å²) in [4.78, 5) is 0. The maximum atomic E-state index is 13.2. The first kappa shape index (κ1) is 16.7. The zero-order chi connectivity index (χ0) is 17.8. The first-order valence-corrected chi connectivity index (χ1v) is 9.64. The van der Waals surface area contributed by atoms with Gasteiger partial charge in [0.15, 0.2) is 4.34 Å².